The van der Waals surface area contributed by atoms with Crippen LogP contribution in [0.25, 0.3) is 10.8 Å². The largest absolute Gasteiger partial charge is 0.292 e. The molecule has 0 fully saturated rings. The summed E-state index contributed by atoms with van der Waals surface area (Å²) in [6, 6.07) is 13.5. The highest BCUT2D eigenvalue weighted by atomic mass is 35.5. The maximum atomic E-state index is 13.0. The van der Waals surface area contributed by atoms with Gasteiger partial charge in [-0.25, -0.2) is 4.39 Å². The summed E-state index contributed by atoms with van der Waals surface area (Å²) in [6.07, 6.45) is 1.71. The summed E-state index contributed by atoms with van der Waals surface area (Å²) in [5.41, 5.74) is 1.01. The van der Waals surface area contributed by atoms with Gasteiger partial charge in [0.1, 0.15) is 11.5 Å². The summed E-state index contributed by atoms with van der Waals surface area (Å²) >= 11 is 5.97. The van der Waals surface area contributed by atoms with Crippen LogP contribution >= 0.6 is 11.6 Å². The van der Waals surface area contributed by atoms with Crippen LogP contribution in [0.5, 0.6) is 0 Å². The van der Waals surface area contributed by atoms with Gasteiger partial charge in [0.05, 0.1) is 0 Å². The SMILES string of the molecule is O=C(Cc1ccc(F)cc1Cl)c1nccc2ccccc12. The van der Waals surface area contributed by atoms with E-state index < -0.39 is 5.82 Å². The summed E-state index contributed by atoms with van der Waals surface area (Å²) < 4.78 is 13.0. The molecule has 0 amide bonds. The number of hydrogen-bond donors (Lipinski definition) is 0. The van der Waals surface area contributed by atoms with Gasteiger partial charge in [-0.15, -0.1) is 0 Å². The molecule has 0 saturated carbocycles. The van der Waals surface area contributed by atoms with E-state index in [1.54, 1.807) is 6.20 Å². The maximum Gasteiger partial charge on any atom is 0.186 e. The molecule has 0 N–H and O–H groups in total. The Kier molecular flexibility index (Phi) is 3.67. The zero-order chi connectivity index (χ0) is 14.8. The van der Waals surface area contributed by atoms with Crippen molar-refractivity contribution in [1.29, 1.82) is 0 Å². The molecule has 3 aromatic rings. The van der Waals surface area contributed by atoms with Gasteiger partial charge in [-0.05, 0) is 29.1 Å². The lowest BCUT2D eigenvalue weighted by molar-refractivity contribution is 0.0990. The molecule has 104 valence electrons. The van der Waals surface area contributed by atoms with Gasteiger partial charge in [-0.2, -0.15) is 0 Å². The molecule has 0 aliphatic carbocycles. The van der Waals surface area contributed by atoms with Crippen LogP contribution in [0.2, 0.25) is 5.02 Å². The molecule has 0 radical (unpaired) electrons. The Hall–Kier alpha value is -2.26. The van der Waals surface area contributed by atoms with E-state index in [1.807, 2.05) is 30.3 Å². The fraction of sp³-hybridized carbons (Fsp3) is 0.0588. The van der Waals surface area contributed by atoms with Crippen molar-refractivity contribution in [3.63, 3.8) is 0 Å². The van der Waals surface area contributed by atoms with Gasteiger partial charge in [0.15, 0.2) is 5.78 Å². The lowest BCUT2D eigenvalue weighted by Gasteiger charge is -2.06. The molecule has 4 heteroatoms. The Balaban J connectivity index is 1.97. The second-order valence-electron chi connectivity index (χ2n) is 4.72. The number of hydrogen-bond acceptors (Lipinski definition) is 2. The average Bonchev–Trinajstić information content (AvgIpc) is 2.49. The number of benzene rings is 2. The summed E-state index contributed by atoms with van der Waals surface area (Å²) in [6.45, 7) is 0. The molecule has 2 aromatic carbocycles. The third kappa shape index (κ3) is 2.78. The highest BCUT2D eigenvalue weighted by Crippen LogP contribution is 2.22. The van der Waals surface area contributed by atoms with Gasteiger partial charge >= 0.3 is 0 Å². The van der Waals surface area contributed by atoms with Crippen molar-refractivity contribution < 1.29 is 9.18 Å². The van der Waals surface area contributed by atoms with Crippen molar-refractivity contribution in [2.75, 3.05) is 0 Å². The van der Waals surface area contributed by atoms with Crippen molar-refractivity contribution in [2.24, 2.45) is 0 Å². The summed E-state index contributed by atoms with van der Waals surface area (Å²) in [4.78, 5) is 16.6. The number of Topliss-reactive ketones (excluding diaryl/α,β-unsaturated/α-hetero) is 1. The zero-order valence-electron chi connectivity index (χ0n) is 11.0. The van der Waals surface area contributed by atoms with E-state index in [4.69, 9.17) is 11.6 Å². The molecule has 2 nitrogen and oxygen atoms in total. The van der Waals surface area contributed by atoms with Gasteiger partial charge in [0, 0.05) is 23.0 Å². The molecule has 1 aromatic heterocycles. The molecule has 21 heavy (non-hydrogen) atoms. The van der Waals surface area contributed by atoms with Crippen LogP contribution in [-0.4, -0.2) is 10.8 Å². The van der Waals surface area contributed by atoms with E-state index in [-0.39, 0.29) is 17.2 Å². The van der Waals surface area contributed by atoms with Crippen LogP contribution in [0.4, 0.5) is 4.39 Å². The minimum absolute atomic E-state index is 0.0973. The molecular formula is C17H11ClFNO. The Morgan fingerprint density at radius 1 is 1.14 bits per heavy atom. The number of aromatic nitrogens is 1. The van der Waals surface area contributed by atoms with Crippen LogP contribution in [0.15, 0.2) is 54.7 Å². The van der Waals surface area contributed by atoms with E-state index in [2.05, 4.69) is 4.98 Å². The lowest BCUT2D eigenvalue weighted by atomic mass is 10.0. The Morgan fingerprint density at radius 2 is 1.95 bits per heavy atom. The lowest BCUT2D eigenvalue weighted by Crippen LogP contribution is -2.07. The van der Waals surface area contributed by atoms with Gasteiger partial charge in [0.25, 0.3) is 0 Å². The highest BCUT2D eigenvalue weighted by molar-refractivity contribution is 6.31. The number of rotatable bonds is 3. The standard InChI is InChI=1S/C17H11ClFNO/c18-15-10-13(19)6-5-12(15)9-16(21)17-14-4-2-1-3-11(14)7-8-20-17/h1-8,10H,9H2. The van der Waals surface area contributed by atoms with Crippen LogP contribution in [0.3, 0.4) is 0 Å². The van der Waals surface area contributed by atoms with Crippen LogP contribution in [0.1, 0.15) is 16.1 Å². The smallest absolute Gasteiger partial charge is 0.186 e. The van der Waals surface area contributed by atoms with Crippen molar-refractivity contribution in [2.45, 2.75) is 6.42 Å². The minimum atomic E-state index is -0.417. The van der Waals surface area contributed by atoms with Crippen molar-refractivity contribution in [3.8, 4) is 0 Å². The number of carbonyl (C=O) groups is 1. The number of pyridine rings is 1. The van der Waals surface area contributed by atoms with E-state index >= 15 is 0 Å². The molecule has 0 unspecified atom stereocenters. The van der Waals surface area contributed by atoms with E-state index in [1.165, 1.54) is 18.2 Å². The number of ketones is 1. The van der Waals surface area contributed by atoms with Crippen molar-refractivity contribution in [3.05, 3.63) is 76.8 Å². The first-order valence-electron chi connectivity index (χ1n) is 6.46. The van der Waals surface area contributed by atoms with E-state index in [0.717, 1.165) is 10.8 Å². The van der Waals surface area contributed by atoms with Crippen molar-refractivity contribution in [1.82, 2.24) is 4.98 Å². The third-order valence-corrected chi connectivity index (χ3v) is 3.66. The molecule has 0 aliphatic rings. The van der Waals surface area contributed by atoms with Gasteiger partial charge in [0.2, 0.25) is 0 Å². The van der Waals surface area contributed by atoms with Gasteiger partial charge < -0.3 is 0 Å². The normalized spacial score (nSPS) is 10.8. The van der Waals surface area contributed by atoms with E-state index in [0.29, 0.717) is 11.3 Å². The number of carbonyl (C=O) groups excluding carboxylic acids is 1. The summed E-state index contributed by atoms with van der Waals surface area (Å²) in [5.74, 6) is -0.556. The molecule has 0 atom stereocenters. The minimum Gasteiger partial charge on any atom is -0.292 e. The summed E-state index contributed by atoms with van der Waals surface area (Å²) in [7, 11) is 0. The van der Waals surface area contributed by atoms with Crippen molar-refractivity contribution >= 4 is 28.2 Å². The Morgan fingerprint density at radius 3 is 2.76 bits per heavy atom. The molecular weight excluding hydrogens is 289 g/mol. The zero-order valence-corrected chi connectivity index (χ0v) is 11.8. The first-order chi connectivity index (χ1) is 10.1. The van der Waals surface area contributed by atoms with E-state index in [9.17, 15) is 9.18 Å². The third-order valence-electron chi connectivity index (χ3n) is 3.30. The van der Waals surface area contributed by atoms with Gasteiger partial charge in [-0.3, -0.25) is 9.78 Å². The number of nitrogens with zero attached hydrogens (tertiary/aromatic N) is 1. The fourth-order valence-corrected chi connectivity index (χ4v) is 2.50. The Labute approximate surface area is 126 Å². The highest BCUT2D eigenvalue weighted by Gasteiger charge is 2.14. The number of halogens is 2. The predicted octanol–water partition coefficient (Wildman–Crippen LogP) is 4.45. The van der Waals surface area contributed by atoms with Crippen LogP contribution < -0.4 is 0 Å². The predicted molar refractivity (Wildman–Crippen MR) is 81.2 cm³/mol. The number of fused-ring (bicyclic) bond motifs is 1. The fourth-order valence-electron chi connectivity index (χ4n) is 2.26. The quantitative estimate of drug-likeness (QED) is 0.669. The molecule has 0 aliphatic heterocycles. The first-order valence-corrected chi connectivity index (χ1v) is 6.84. The average molecular weight is 300 g/mol. The molecule has 1 heterocycles. The van der Waals surface area contributed by atoms with Crippen LogP contribution in [0, 0.1) is 5.82 Å². The molecule has 3 rings (SSSR count). The maximum absolute atomic E-state index is 13.0. The Bertz CT molecular complexity index is 827. The first kappa shape index (κ1) is 13.7. The molecule has 0 spiro atoms. The topological polar surface area (TPSA) is 30.0 Å². The molecule has 0 bridgehead atoms. The van der Waals surface area contributed by atoms with Crippen LogP contribution in [-0.2, 0) is 6.42 Å². The second kappa shape index (κ2) is 5.62. The second-order valence-corrected chi connectivity index (χ2v) is 5.12. The molecule has 0 saturated heterocycles. The van der Waals surface area contributed by atoms with Gasteiger partial charge in [-0.1, -0.05) is 41.9 Å². The summed E-state index contributed by atoms with van der Waals surface area (Å²) in [5, 5.41) is 2.02. The monoisotopic (exact) mass is 299 g/mol.